The topological polar surface area (TPSA) is 83.9 Å². The number of nitrogens with zero attached hydrogens (tertiary/aromatic N) is 1. The van der Waals surface area contributed by atoms with Gasteiger partial charge in [0, 0.05) is 0 Å². The third-order valence-corrected chi connectivity index (χ3v) is 4.46. The van der Waals surface area contributed by atoms with Crippen LogP contribution in [-0.4, -0.2) is 8.42 Å². The molecule has 0 aromatic heterocycles. The minimum absolute atomic E-state index is 0.0445. The van der Waals surface area contributed by atoms with E-state index in [1.165, 1.54) is 17.7 Å². The summed E-state index contributed by atoms with van der Waals surface area (Å²) in [6, 6.07) is 14.3. The van der Waals surface area contributed by atoms with Crippen molar-refractivity contribution >= 4 is 10.0 Å². The van der Waals surface area contributed by atoms with Gasteiger partial charge < -0.3 is 0 Å². The zero-order chi connectivity index (χ0) is 15.6. The number of rotatable bonds is 3. The molecule has 2 aromatic rings. The third kappa shape index (κ3) is 3.30. The quantitative estimate of drug-likeness (QED) is 0.945. The lowest BCUT2D eigenvalue weighted by Crippen LogP contribution is -2.12. The van der Waals surface area contributed by atoms with Crippen molar-refractivity contribution < 1.29 is 8.42 Å². The fourth-order valence-corrected chi connectivity index (χ4v) is 2.65. The Morgan fingerprint density at radius 3 is 2.05 bits per heavy atom. The maximum Gasteiger partial charge on any atom is 0.238 e. The Morgan fingerprint density at radius 1 is 1.00 bits per heavy atom. The summed E-state index contributed by atoms with van der Waals surface area (Å²) in [6.45, 7) is 4.01. The molecule has 0 aliphatic rings. The molecule has 1 unspecified atom stereocenters. The fraction of sp³-hybridized carbons (Fsp3) is 0.188. The highest BCUT2D eigenvalue weighted by atomic mass is 32.2. The summed E-state index contributed by atoms with van der Waals surface area (Å²) in [6.07, 6.45) is 0. The van der Waals surface area contributed by atoms with Crippen LogP contribution in [0.3, 0.4) is 0 Å². The summed E-state index contributed by atoms with van der Waals surface area (Å²) >= 11 is 0. The lowest BCUT2D eigenvalue weighted by molar-refractivity contribution is 0.598. The van der Waals surface area contributed by atoms with Crippen LogP contribution >= 0.6 is 0 Å². The SMILES string of the molecule is Cc1ccc(C(C#N)c2ccc(S(N)(=O)=O)cc2)cc1C. The molecule has 2 aromatic carbocycles. The standard InChI is InChI=1S/C16H16N2O2S/c1-11-3-4-14(9-12(11)2)16(10-17)13-5-7-15(8-6-13)21(18,19)20/h3-9,16H,1-2H3,(H2,18,19,20). The Bertz CT molecular complexity index is 803. The third-order valence-electron chi connectivity index (χ3n) is 3.54. The van der Waals surface area contributed by atoms with Gasteiger partial charge in [-0.25, -0.2) is 13.6 Å². The van der Waals surface area contributed by atoms with Crippen molar-refractivity contribution in [2.45, 2.75) is 24.7 Å². The van der Waals surface area contributed by atoms with Crippen molar-refractivity contribution in [1.29, 1.82) is 5.26 Å². The van der Waals surface area contributed by atoms with Gasteiger partial charge in [-0.1, -0.05) is 30.3 Å². The lowest BCUT2D eigenvalue weighted by Gasteiger charge is -2.12. The minimum atomic E-state index is -3.71. The summed E-state index contributed by atoms with van der Waals surface area (Å²) in [5.74, 6) is -0.432. The molecular weight excluding hydrogens is 284 g/mol. The van der Waals surface area contributed by atoms with Crippen molar-refractivity contribution in [2.75, 3.05) is 0 Å². The van der Waals surface area contributed by atoms with Gasteiger partial charge in [-0.3, -0.25) is 0 Å². The van der Waals surface area contributed by atoms with Crippen LogP contribution in [-0.2, 0) is 10.0 Å². The van der Waals surface area contributed by atoms with Gasteiger partial charge in [0.05, 0.1) is 16.9 Å². The number of nitrogens with two attached hydrogens (primary N) is 1. The Balaban J connectivity index is 2.42. The molecule has 0 bridgehead atoms. The zero-order valence-corrected chi connectivity index (χ0v) is 12.7. The van der Waals surface area contributed by atoms with Crippen molar-refractivity contribution in [3.8, 4) is 6.07 Å². The number of nitriles is 1. The van der Waals surface area contributed by atoms with E-state index in [0.29, 0.717) is 0 Å². The number of sulfonamides is 1. The Morgan fingerprint density at radius 2 is 1.57 bits per heavy atom. The second kappa shape index (κ2) is 5.68. The molecular formula is C16H16N2O2S. The van der Waals surface area contributed by atoms with Gasteiger partial charge in [-0.05, 0) is 48.2 Å². The molecule has 0 amide bonds. The molecule has 2 rings (SSSR count). The number of hydrogen-bond donors (Lipinski definition) is 1. The summed E-state index contributed by atoms with van der Waals surface area (Å²) in [5.41, 5.74) is 3.92. The Kier molecular flexibility index (Phi) is 4.12. The number of hydrogen-bond acceptors (Lipinski definition) is 3. The maximum atomic E-state index is 11.2. The molecule has 1 atom stereocenters. The average molecular weight is 300 g/mol. The minimum Gasteiger partial charge on any atom is -0.225 e. The van der Waals surface area contributed by atoms with E-state index in [0.717, 1.165) is 16.7 Å². The van der Waals surface area contributed by atoms with Gasteiger partial charge in [-0.2, -0.15) is 5.26 Å². The normalized spacial score (nSPS) is 12.7. The van der Waals surface area contributed by atoms with Gasteiger partial charge in [-0.15, -0.1) is 0 Å². The van der Waals surface area contributed by atoms with E-state index >= 15 is 0 Å². The summed E-state index contributed by atoms with van der Waals surface area (Å²) in [4.78, 5) is 0.0445. The molecule has 0 radical (unpaired) electrons. The van der Waals surface area contributed by atoms with Crippen LogP contribution in [0.2, 0.25) is 0 Å². The van der Waals surface area contributed by atoms with Crippen LogP contribution in [0.15, 0.2) is 47.4 Å². The molecule has 0 heterocycles. The molecule has 5 heteroatoms. The highest BCUT2D eigenvalue weighted by Crippen LogP contribution is 2.26. The van der Waals surface area contributed by atoms with Gasteiger partial charge >= 0.3 is 0 Å². The molecule has 0 saturated carbocycles. The second-order valence-electron chi connectivity index (χ2n) is 5.02. The first-order chi connectivity index (χ1) is 9.82. The van der Waals surface area contributed by atoms with Crippen LogP contribution in [0.25, 0.3) is 0 Å². The van der Waals surface area contributed by atoms with Crippen molar-refractivity contribution in [2.24, 2.45) is 5.14 Å². The van der Waals surface area contributed by atoms with E-state index in [9.17, 15) is 13.7 Å². The molecule has 0 spiro atoms. The zero-order valence-electron chi connectivity index (χ0n) is 11.9. The molecule has 0 fully saturated rings. The molecule has 21 heavy (non-hydrogen) atoms. The predicted molar refractivity (Wildman–Crippen MR) is 81.2 cm³/mol. The van der Waals surface area contributed by atoms with Crippen LogP contribution in [0.4, 0.5) is 0 Å². The molecule has 0 saturated heterocycles. The number of benzene rings is 2. The molecule has 4 nitrogen and oxygen atoms in total. The van der Waals surface area contributed by atoms with Crippen LogP contribution < -0.4 is 5.14 Å². The molecule has 108 valence electrons. The first-order valence-corrected chi connectivity index (χ1v) is 7.97. The molecule has 0 aliphatic carbocycles. The Labute approximate surface area is 124 Å². The number of aryl methyl sites for hydroxylation is 2. The largest absolute Gasteiger partial charge is 0.238 e. The highest BCUT2D eigenvalue weighted by molar-refractivity contribution is 7.89. The van der Waals surface area contributed by atoms with Gasteiger partial charge in [0.2, 0.25) is 10.0 Å². The first-order valence-electron chi connectivity index (χ1n) is 6.42. The van der Waals surface area contributed by atoms with E-state index in [1.54, 1.807) is 12.1 Å². The van der Waals surface area contributed by atoms with Crippen molar-refractivity contribution in [3.05, 3.63) is 64.7 Å². The van der Waals surface area contributed by atoms with E-state index in [4.69, 9.17) is 5.14 Å². The van der Waals surface area contributed by atoms with Crippen LogP contribution in [0.1, 0.15) is 28.2 Å². The predicted octanol–water partition coefficient (Wildman–Crippen LogP) is 2.61. The van der Waals surface area contributed by atoms with E-state index in [1.807, 2.05) is 32.0 Å². The van der Waals surface area contributed by atoms with E-state index < -0.39 is 15.9 Å². The second-order valence-corrected chi connectivity index (χ2v) is 6.58. The Hall–Kier alpha value is -2.16. The van der Waals surface area contributed by atoms with E-state index in [2.05, 4.69) is 6.07 Å². The smallest absolute Gasteiger partial charge is 0.225 e. The van der Waals surface area contributed by atoms with Crippen LogP contribution in [0, 0.1) is 25.2 Å². The fourth-order valence-electron chi connectivity index (χ4n) is 2.14. The maximum absolute atomic E-state index is 11.2. The van der Waals surface area contributed by atoms with Crippen LogP contribution in [0.5, 0.6) is 0 Å². The van der Waals surface area contributed by atoms with Gasteiger partial charge in [0.15, 0.2) is 0 Å². The monoisotopic (exact) mass is 300 g/mol. The van der Waals surface area contributed by atoms with Crippen molar-refractivity contribution in [3.63, 3.8) is 0 Å². The van der Waals surface area contributed by atoms with Crippen molar-refractivity contribution in [1.82, 2.24) is 0 Å². The first kappa shape index (κ1) is 15.2. The molecule has 2 N–H and O–H groups in total. The molecule has 0 aliphatic heterocycles. The summed E-state index contributed by atoms with van der Waals surface area (Å²) < 4.78 is 22.5. The van der Waals surface area contributed by atoms with Gasteiger partial charge in [0.1, 0.15) is 0 Å². The van der Waals surface area contributed by atoms with E-state index in [-0.39, 0.29) is 4.90 Å². The number of primary sulfonamides is 1. The van der Waals surface area contributed by atoms with Gasteiger partial charge in [0.25, 0.3) is 0 Å². The summed E-state index contributed by atoms with van der Waals surface area (Å²) in [5, 5.41) is 14.5. The summed E-state index contributed by atoms with van der Waals surface area (Å²) in [7, 11) is -3.71. The lowest BCUT2D eigenvalue weighted by atomic mass is 9.91. The average Bonchev–Trinajstić information content (AvgIpc) is 2.43. The highest BCUT2D eigenvalue weighted by Gasteiger charge is 2.15.